The molecule has 1 aromatic rings. The summed E-state index contributed by atoms with van der Waals surface area (Å²) in [7, 11) is 1.70. The molecule has 3 N–H and O–H groups in total. The highest BCUT2D eigenvalue weighted by atomic mass is 127. The summed E-state index contributed by atoms with van der Waals surface area (Å²) >= 11 is 0. The molecule has 114 valence electrons. The molecule has 0 aliphatic carbocycles. The van der Waals surface area contributed by atoms with E-state index in [1.54, 1.807) is 7.11 Å². The lowest BCUT2D eigenvalue weighted by Crippen LogP contribution is -2.32. The number of benzene rings is 1. The first-order valence-electron chi connectivity index (χ1n) is 6.72. The zero-order valence-corrected chi connectivity index (χ0v) is 14.9. The number of nitrogens with one attached hydrogen (secondary N) is 1. The van der Waals surface area contributed by atoms with Crippen LogP contribution in [0.3, 0.4) is 0 Å². The van der Waals surface area contributed by atoms with Crippen molar-refractivity contribution in [3.05, 3.63) is 35.4 Å². The van der Waals surface area contributed by atoms with Gasteiger partial charge in [0, 0.05) is 13.7 Å². The number of nitrogens with two attached hydrogens (primary N) is 1. The maximum Gasteiger partial charge on any atom is 0.188 e. The van der Waals surface area contributed by atoms with Gasteiger partial charge in [-0.05, 0) is 23.5 Å². The Morgan fingerprint density at radius 2 is 2.05 bits per heavy atom. The lowest BCUT2D eigenvalue weighted by Gasteiger charge is -2.08. The van der Waals surface area contributed by atoms with Crippen LogP contribution in [0.2, 0.25) is 0 Å². The molecule has 4 nitrogen and oxygen atoms in total. The summed E-state index contributed by atoms with van der Waals surface area (Å²) in [5.74, 6) is 1.18. The summed E-state index contributed by atoms with van der Waals surface area (Å²) in [6.07, 6.45) is 1.10. The Morgan fingerprint density at radius 3 is 2.70 bits per heavy atom. The summed E-state index contributed by atoms with van der Waals surface area (Å²) in [4.78, 5) is 4.33. The van der Waals surface area contributed by atoms with Crippen molar-refractivity contribution >= 4 is 29.9 Å². The molecule has 0 unspecified atom stereocenters. The van der Waals surface area contributed by atoms with Gasteiger partial charge >= 0.3 is 0 Å². The number of rotatable bonds is 7. The lowest BCUT2D eigenvalue weighted by atomic mass is 10.1. The van der Waals surface area contributed by atoms with E-state index in [9.17, 15) is 0 Å². The second-order valence-corrected chi connectivity index (χ2v) is 5.06. The van der Waals surface area contributed by atoms with Crippen LogP contribution in [0.5, 0.6) is 0 Å². The van der Waals surface area contributed by atoms with E-state index in [4.69, 9.17) is 10.5 Å². The summed E-state index contributed by atoms with van der Waals surface area (Å²) in [6, 6.07) is 8.20. The quantitative estimate of drug-likeness (QED) is 0.427. The van der Waals surface area contributed by atoms with Gasteiger partial charge < -0.3 is 15.8 Å². The highest BCUT2D eigenvalue weighted by Crippen LogP contribution is 2.07. The van der Waals surface area contributed by atoms with Gasteiger partial charge in [0.15, 0.2) is 5.96 Å². The molecule has 5 heteroatoms. The number of nitrogens with zero attached hydrogens (tertiary/aromatic N) is 1. The molecule has 0 aliphatic heterocycles. The van der Waals surface area contributed by atoms with Gasteiger partial charge in [0.05, 0.1) is 13.2 Å². The summed E-state index contributed by atoms with van der Waals surface area (Å²) in [6.45, 7) is 6.47. The maximum absolute atomic E-state index is 5.82. The van der Waals surface area contributed by atoms with Crippen LogP contribution in [-0.4, -0.2) is 19.6 Å². The van der Waals surface area contributed by atoms with Crippen molar-refractivity contribution < 1.29 is 4.74 Å². The Hall–Kier alpha value is -0.820. The highest BCUT2D eigenvalue weighted by molar-refractivity contribution is 14.0. The first kappa shape index (κ1) is 19.2. The third-order valence-electron chi connectivity index (χ3n) is 2.76. The topological polar surface area (TPSA) is 59.6 Å². The van der Waals surface area contributed by atoms with Crippen molar-refractivity contribution in [1.82, 2.24) is 5.32 Å². The molecular formula is C15H26IN3O. The van der Waals surface area contributed by atoms with Gasteiger partial charge in [0.2, 0.25) is 0 Å². The van der Waals surface area contributed by atoms with E-state index in [0.717, 1.165) is 24.1 Å². The van der Waals surface area contributed by atoms with Gasteiger partial charge in [-0.25, -0.2) is 4.99 Å². The molecule has 0 bridgehead atoms. The standard InChI is InChI=1S/C15H25N3O.HI/c1-12(2)7-8-17-15(16)18-10-13-5-4-6-14(9-13)11-19-3;/h4-6,9,12H,7-8,10-11H2,1-3H3,(H3,16,17,18);1H. The maximum atomic E-state index is 5.82. The Balaban J connectivity index is 0.00000361. The molecule has 0 aromatic heterocycles. The molecule has 0 amide bonds. The Morgan fingerprint density at radius 1 is 1.35 bits per heavy atom. The zero-order chi connectivity index (χ0) is 14.1. The van der Waals surface area contributed by atoms with E-state index < -0.39 is 0 Å². The van der Waals surface area contributed by atoms with E-state index in [1.165, 1.54) is 0 Å². The molecule has 0 saturated heterocycles. The van der Waals surface area contributed by atoms with Crippen molar-refractivity contribution in [2.24, 2.45) is 16.6 Å². The van der Waals surface area contributed by atoms with E-state index in [1.807, 2.05) is 18.2 Å². The van der Waals surface area contributed by atoms with Crippen LogP contribution < -0.4 is 11.1 Å². The first-order valence-corrected chi connectivity index (χ1v) is 6.72. The molecule has 1 rings (SSSR count). The Kier molecular flexibility index (Phi) is 10.5. The number of ether oxygens (including phenoxy) is 1. The Bertz CT molecular complexity index is 408. The van der Waals surface area contributed by atoms with Gasteiger partial charge in [0.1, 0.15) is 0 Å². The summed E-state index contributed by atoms with van der Waals surface area (Å²) < 4.78 is 5.11. The molecule has 0 aliphatic rings. The molecule has 1 aromatic carbocycles. The normalized spacial score (nSPS) is 11.3. The minimum atomic E-state index is 0. The molecule has 0 saturated carbocycles. The fraction of sp³-hybridized carbons (Fsp3) is 0.533. The monoisotopic (exact) mass is 391 g/mol. The predicted molar refractivity (Wildman–Crippen MR) is 95.4 cm³/mol. The zero-order valence-electron chi connectivity index (χ0n) is 12.6. The molecule has 0 fully saturated rings. The van der Waals surface area contributed by atoms with Crippen molar-refractivity contribution in [2.45, 2.75) is 33.4 Å². The highest BCUT2D eigenvalue weighted by Gasteiger charge is 1.97. The fourth-order valence-electron chi connectivity index (χ4n) is 1.71. The van der Waals surface area contributed by atoms with Crippen LogP contribution in [0.25, 0.3) is 0 Å². The number of hydrogen-bond donors (Lipinski definition) is 2. The third-order valence-corrected chi connectivity index (χ3v) is 2.76. The predicted octanol–water partition coefficient (Wildman–Crippen LogP) is 2.90. The van der Waals surface area contributed by atoms with Gasteiger partial charge in [-0.1, -0.05) is 38.1 Å². The second kappa shape index (κ2) is 10.9. The molecule has 0 radical (unpaired) electrons. The van der Waals surface area contributed by atoms with Crippen LogP contribution >= 0.6 is 24.0 Å². The second-order valence-electron chi connectivity index (χ2n) is 5.06. The van der Waals surface area contributed by atoms with Crippen molar-refractivity contribution in [2.75, 3.05) is 13.7 Å². The third kappa shape index (κ3) is 8.37. The Labute approximate surface area is 139 Å². The largest absolute Gasteiger partial charge is 0.380 e. The number of halogens is 1. The minimum Gasteiger partial charge on any atom is -0.380 e. The molecule has 0 spiro atoms. The van der Waals surface area contributed by atoms with Crippen LogP contribution in [0, 0.1) is 5.92 Å². The van der Waals surface area contributed by atoms with Crippen molar-refractivity contribution in [3.63, 3.8) is 0 Å². The molecule has 0 heterocycles. The smallest absolute Gasteiger partial charge is 0.188 e. The fourth-order valence-corrected chi connectivity index (χ4v) is 1.71. The number of methoxy groups -OCH3 is 1. The molecule has 0 atom stereocenters. The number of guanidine groups is 1. The molecular weight excluding hydrogens is 365 g/mol. The van der Waals surface area contributed by atoms with Crippen LogP contribution in [0.4, 0.5) is 0 Å². The molecule has 20 heavy (non-hydrogen) atoms. The summed E-state index contributed by atoms with van der Waals surface area (Å²) in [5.41, 5.74) is 8.11. The van der Waals surface area contributed by atoms with Crippen LogP contribution in [-0.2, 0) is 17.9 Å². The van der Waals surface area contributed by atoms with Crippen LogP contribution in [0.1, 0.15) is 31.4 Å². The van der Waals surface area contributed by atoms with E-state index in [-0.39, 0.29) is 24.0 Å². The summed E-state index contributed by atoms with van der Waals surface area (Å²) in [5, 5.41) is 3.13. The van der Waals surface area contributed by atoms with E-state index >= 15 is 0 Å². The average molecular weight is 391 g/mol. The van der Waals surface area contributed by atoms with E-state index in [0.29, 0.717) is 25.0 Å². The SMILES string of the molecule is COCc1cccc(CN=C(N)NCCC(C)C)c1.I. The van der Waals surface area contributed by atoms with Gasteiger partial charge in [-0.3, -0.25) is 0 Å². The van der Waals surface area contributed by atoms with Crippen molar-refractivity contribution in [1.29, 1.82) is 0 Å². The van der Waals surface area contributed by atoms with E-state index in [2.05, 4.69) is 30.2 Å². The number of aliphatic imine (C=N–C) groups is 1. The van der Waals surface area contributed by atoms with Gasteiger partial charge in [-0.15, -0.1) is 24.0 Å². The van der Waals surface area contributed by atoms with Crippen molar-refractivity contribution in [3.8, 4) is 0 Å². The first-order chi connectivity index (χ1) is 9.11. The van der Waals surface area contributed by atoms with Crippen LogP contribution in [0.15, 0.2) is 29.3 Å². The van der Waals surface area contributed by atoms with Gasteiger partial charge in [-0.2, -0.15) is 0 Å². The van der Waals surface area contributed by atoms with Gasteiger partial charge in [0.25, 0.3) is 0 Å². The average Bonchev–Trinajstić information content (AvgIpc) is 2.37. The lowest BCUT2D eigenvalue weighted by molar-refractivity contribution is 0.185. The number of hydrogen-bond acceptors (Lipinski definition) is 2. The minimum absolute atomic E-state index is 0.